The molecule has 0 aliphatic carbocycles. The van der Waals surface area contributed by atoms with Gasteiger partial charge in [-0.3, -0.25) is 0 Å². The lowest BCUT2D eigenvalue weighted by Gasteiger charge is -2.05. The van der Waals surface area contributed by atoms with Gasteiger partial charge in [-0.2, -0.15) is 0 Å². The van der Waals surface area contributed by atoms with Crippen LogP contribution in [0.5, 0.6) is 11.5 Å². The lowest BCUT2D eigenvalue weighted by atomic mass is 10.1. The number of hydrogen-bond donors (Lipinski definition) is 0. The molecule has 0 aliphatic rings. The summed E-state index contributed by atoms with van der Waals surface area (Å²) >= 11 is 3.29. The first kappa shape index (κ1) is 14.6. The molecule has 2 rings (SSSR count). The van der Waals surface area contributed by atoms with E-state index in [-0.39, 0.29) is 5.75 Å². The second kappa shape index (κ2) is 6.57. The Balaban J connectivity index is 2.22. The van der Waals surface area contributed by atoms with Gasteiger partial charge in [-0.05, 0) is 51.3 Å². The average Bonchev–Trinajstić information content (AvgIpc) is 2.45. The van der Waals surface area contributed by atoms with E-state index < -0.39 is 5.82 Å². The van der Waals surface area contributed by atoms with Gasteiger partial charge < -0.3 is 9.47 Å². The maximum absolute atomic E-state index is 13.7. The van der Waals surface area contributed by atoms with E-state index in [1.54, 1.807) is 7.11 Å². The lowest BCUT2D eigenvalue weighted by Crippen LogP contribution is -1.90. The first-order valence-corrected chi connectivity index (χ1v) is 6.78. The summed E-state index contributed by atoms with van der Waals surface area (Å²) in [6.45, 7) is 0. The Morgan fingerprint density at radius 2 is 1.60 bits per heavy atom. The second-order valence-corrected chi connectivity index (χ2v) is 4.98. The van der Waals surface area contributed by atoms with Crippen molar-refractivity contribution in [2.75, 3.05) is 14.2 Å². The molecule has 0 saturated heterocycles. The highest BCUT2D eigenvalue weighted by molar-refractivity contribution is 9.10. The number of benzene rings is 2. The minimum absolute atomic E-state index is 0.214. The summed E-state index contributed by atoms with van der Waals surface area (Å²) in [6.07, 6.45) is 3.75. The van der Waals surface area contributed by atoms with Gasteiger partial charge in [-0.25, -0.2) is 4.39 Å². The Morgan fingerprint density at radius 1 is 0.950 bits per heavy atom. The van der Waals surface area contributed by atoms with E-state index in [4.69, 9.17) is 9.47 Å². The summed E-state index contributed by atoms with van der Waals surface area (Å²) in [5.74, 6) is 0.628. The van der Waals surface area contributed by atoms with Crippen LogP contribution in [0.2, 0.25) is 0 Å². The average molecular weight is 337 g/mol. The Morgan fingerprint density at radius 3 is 2.15 bits per heavy atom. The van der Waals surface area contributed by atoms with Crippen molar-refractivity contribution < 1.29 is 13.9 Å². The van der Waals surface area contributed by atoms with E-state index in [1.165, 1.54) is 13.2 Å². The van der Waals surface area contributed by atoms with Gasteiger partial charge in [0.15, 0.2) is 11.6 Å². The first-order valence-electron chi connectivity index (χ1n) is 5.99. The van der Waals surface area contributed by atoms with Crippen LogP contribution in [0.1, 0.15) is 11.1 Å². The molecule has 0 unspecified atom stereocenters. The van der Waals surface area contributed by atoms with E-state index in [9.17, 15) is 4.39 Å². The Hall–Kier alpha value is -1.81. The van der Waals surface area contributed by atoms with Gasteiger partial charge >= 0.3 is 0 Å². The first-order chi connectivity index (χ1) is 9.63. The molecule has 0 radical (unpaired) electrons. The van der Waals surface area contributed by atoms with Crippen molar-refractivity contribution in [3.8, 4) is 11.5 Å². The molecule has 0 amide bonds. The molecular weight excluding hydrogens is 323 g/mol. The molecule has 4 heteroatoms. The summed E-state index contributed by atoms with van der Waals surface area (Å²) < 4.78 is 24.4. The monoisotopic (exact) mass is 336 g/mol. The molecule has 0 heterocycles. The van der Waals surface area contributed by atoms with Crippen molar-refractivity contribution in [1.82, 2.24) is 0 Å². The summed E-state index contributed by atoms with van der Waals surface area (Å²) in [4.78, 5) is 0. The van der Waals surface area contributed by atoms with Crippen molar-refractivity contribution >= 4 is 28.1 Å². The molecule has 0 aromatic heterocycles. The molecule has 104 valence electrons. The highest BCUT2D eigenvalue weighted by atomic mass is 79.9. The fraction of sp³-hybridized carbons (Fsp3) is 0.125. The van der Waals surface area contributed by atoms with Crippen LogP contribution < -0.4 is 9.47 Å². The van der Waals surface area contributed by atoms with Crippen molar-refractivity contribution in [3.63, 3.8) is 0 Å². The summed E-state index contributed by atoms with van der Waals surface area (Å²) in [6, 6.07) is 10.9. The molecule has 2 nitrogen and oxygen atoms in total. The number of methoxy groups -OCH3 is 2. The van der Waals surface area contributed by atoms with Gasteiger partial charge in [0.05, 0.1) is 18.7 Å². The third kappa shape index (κ3) is 3.39. The molecule has 0 spiro atoms. The molecule has 0 atom stereocenters. The van der Waals surface area contributed by atoms with Crippen LogP contribution in [0, 0.1) is 5.82 Å². The van der Waals surface area contributed by atoms with E-state index in [0.717, 1.165) is 16.9 Å². The maximum Gasteiger partial charge on any atom is 0.168 e. The molecular formula is C16H14BrFO2. The molecule has 0 fully saturated rings. The zero-order chi connectivity index (χ0) is 14.5. The maximum atomic E-state index is 13.7. The summed E-state index contributed by atoms with van der Waals surface area (Å²) in [7, 11) is 3.07. The lowest BCUT2D eigenvalue weighted by molar-refractivity contribution is 0.383. The zero-order valence-electron chi connectivity index (χ0n) is 11.2. The van der Waals surface area contributed by atoms with Gasteiger partial charge in [0.25, 0.3) is 0 Å². The van der Waals surface area contributed by atoms with Crippen molar-refractivity contribution in [1.29, 1.82) is 0 Å². The molecule has 0 aliphatic heterocycles. The van der Waals surface area contributed by atoms with Crippen LogP contribution in [0.3, 0.4) is 0 Å². The van der Waals surface area contributed by atoms with Crippen LogP contribution in [-0.4, -0.2) is 14.2 Å². The van der Waals surface area contributed by atoms with Crippen LogP contribution in [0.25, 0.3) is 12.2 Å². The molecule has 2 aromatic carbocycles. The van der Waals surface area contributed by atoms with E-state index in [0.29, 0.717) is 4.47 Å². The van der Waals surface area contributed by atoms with E-state index in [2.05, 4.69) is 15.9 Å². The summed E-state index contributed by atoms with van der Waals surface area (Å²) in [5, 5.41) is 0. The SMILES string of the molecule is COc1ccc(/C=C/c2cc(F)c(OC)c(Br)c2)cc1. The Labute approximate surface area is 126 Å². The topological polar surface area (TPSA) is 18.5 Å². The largest absolute Gasteiger partial charge is 0.497 e. The molecule has 0 N–H and O–H groups in total. The molecule has 20 heavy (non-hydrogen) atoms. The fourth-order valence-corrected chi connectivity index (χ4v) is 2.39. The molecule has 0 saturated carbocycles. The van der Waals surface area contributed by atoms with Gasteiger partial charge in [-0.15, -0.1) is 0 Å². The number of ether oxygens (including phenoxy) is 2. The smallest absolute Gasteiger partial charge is 0.168 e. The van der Waals surface area contributed by atoms with Crippen molar-refractivity contribution in [2.45, 2.75) is 0 Å². The predicted molar refractivity (Wildman–Crippen MR) is 82.6 cm³/mol. The van der Waals surface area contributed by atoms with Crippen LogP contribution in [0.15, 0.2) is 40.9 Å². The quantitative estimate of drug-likeness (QED) is 0.748. The molecule has 2 aromatic rings. The highest BCUT2D eigenvalue weighted by Gasteiger charge is 2.08. The van der Waals surface area contributed by atoms with E-state index >= 15 is 0 Å². The number of hydrogen-bond acceptors (Lipinski definition) is 2. The van der Waals surface area contributed by atoms with Crippen molar-refractivity contribution in [2.24, 2.45) is 0 Å². The normalized spacial score (nSPS) is 10.8. The Bertz CT molecular complexity index is 598. The Kier molecular flexibility index (Phi) is 4.79. The highest BCUT2D eigenvalue weighted by Crippen LogP contribution is 2.30. The minimum Gasteiger partial charge on any atom is -0.497 e. The third-order valence-corrected chi connectivity index (χ3v) is 3.40. The van der Waals surface area contributed by atoms with Crippen LogP contribution in [0.4, 0.5) is 4.39 Å². The van der Waals surface area contributed by atoms with Gasteiger partial charge in [0.2, 0.25) is 0 Å². The van der Waals surface area contributed by atoms with Crippen molar-refractivity contribution in [3.05, 3.63) is 57.8 Å². The second-order valence-electron chi connectivity index (χ2n) is 4.12. The third-order valence-electron chi connectivity index (χ3n) is 2.81. The van der Waals surface area contributed by atoms with Crippen LogP contribution in [-0.2, 0) is 0 Å². The predicted octanol–water partition coefficient (Wildman–Crippen LogP) is 4.78. The van der Waals surface area contributed by atoms with Gasteiger partial charge in [0, 0.05) is 0 Å². The van der Waals surface area contributed by atoms with Gasteiger partial charge in [-0.1, -0.05) is 24.3 Å². The molecule has 0 bridgehead atoms. The van der Waals surface area contributed by atoms with Crippen LogP contribution >= 0.6 is 15.9 Å². The number of halogens is 2. The fourth-order valence-electron chi connectivity index (χ4n) is 1.78. The standard InChI is InChI=1S/C16H14BrFO2/c1-19-13-7-5-11(6-8-13)3-4-12-9-14(17)16(20-2)15(18)10-12/h3-10H,1-2H3/b4-3+. The van der Waals surface area contributed by atoms with E-state index in [1.807, 2.05) is 42.5 Å². The number of rotatable bonds is 4. The van der Waals surface area contributed by atoms with Gasteiger partial charge in [0.1, 0.15) is 5.75 Å². The summed E-state index contributed by atoms with van der Waals surface area (Å²) in [5.41, 5.74) is 1.77. The zero-order valence-corrected chi connectivity index (χ0v) is 12.8. The minimum atomic E-state index is -0.392.